The number of hydrogen-bond donors (Lipinski definition) is 0. The number of hydrogen-bond acceptors (Lipinski definition) is 4. The Balaban J connectivity index is 2.00. The lowest BCUT2D eigenvalue weighted by Crippen LogP contribution is -2.13. The highest BCUT2D eigenvalue weighted by atomic mass is 16.5. The molecule has 0 aliphatic heterocycles. The zero-order chi connectivity index (χ0) is 17.6. The van der Waals surface area contributed by atoms with Gasteiger partial charge in [0.15, 0.2) is 0 Å². The highest BCUT2D eigenvalue weighted by Crippen LogP contribution is 2.19. The van der Waals surface area contributed by atoms with Crippen molar-refractivity contribution < 1.29 is 9.53 Å². The molecule has 0 saturated carbocycles. The van der Waals surface area contributed by atoms with Gasteiger partial charge in [-0.15, -0.1) is 0 Å². The maximum atomic E-state index is 12.5. The van der Waals surface area contributed by atoms with Gasteiger partial charge in [0.25, 0.3) is 0 Å². The molecule has 6 nitrogen and oxygen atoms in total. The molecule has 0 bridgehead atoms. The third-order valence-corrected chi connectivity index (χ3v) is 3.80. The molecule has 0 spiro atoms. The van der Waals surface area contributed by atoms with E-state index >= 15 is 0 Å². The van der Waals surface area contributed by atoms with E-state index in [9.17, 15) is 4.79 Å². The van der Waals surface area contributed by atoms with E-state index in [1.165, 1.54) is 0 Å². The molecule has 0 N–H and O–H groups in total. The largest absolute Gasteiger partial charge is 0.462 e. The summed E-state index contributed by atoms with van der Waals surface area (Å²) in [5.74, 6) is 0.174. The van der Waals surface area contributed by atoms with Crippen LogP contribution in [0.4, 0.5) is 0 Å². The average Bonchev–Trinajstić information content (AvgIpc) is 3.23. The molecule has 0 amide bonds. The van der Waals surface area contributed by atoms with Crippen molar-refractivity contribution in [1.29, 1.82) is 0 Å². The van der Waals surface area contributed by atoms with Crippen LogP contribution in [0.25, 0.3) is 11.6 Å². The Kier molecular flexibility index (Phi) is 5.09. The number of rotatable bonds is 6. The van der Waals surface area contributed by atoms with E-state index in [0.717, 1.165) is 11.3 Å². The maximum Gasteiger partial charge on any atom is 0.341 e. The molecule has 6 heteroatoms. The van der Waals surface area contributed by atoms with Crippen molar-refractivity contribution in [2.24, 2.45) is 7.05 Å². The second kappa shape index (κ2) is 7.61. The summed E-state index contributed by atoms with van der Waals surface area (Å²) in [7, 11) is 1.82. The summed E-state index contributed by atoms with van der Waals surface area (Å²) in [6.45, 7) is 2.72. The van der Waals surface area contributed by atoms with Gasteiger partial charge in [-0.2, -0.15) is 5.10 Å². The highest BCUT2D eigenvalue weighted by molar-refractivity contribution is 6.20. The standard InChI is InChI=1S/C19H20N4O2/c1-3-25-19(24)17(13-16-9-10-21-22(16)2)18-20-11-12-23(18)14-15-7-5-4-6-8-15/h4-13H,3,14H2,1-2H3/b17-13-. The van der Waals surface area contributed by atoms with Gasteiger partial charge < -0.3 is 9.30 Å². The van der Waals surface area contributed by atoms with Gasteiger partial charge in [-0.05, 0) is 24.6 Å². The van der Waals surface area contributed by atoms with E-state index in [0.29, 0.717) is 24.5 Å². The number of benzene rings is 1. The first kappa shape index (κ1) is 16.7. The summed E-state index contributed by atoms with van der Waals surface area (Å²) in [4.78, 5) is 16.9. The molecule has 0 aliphatic carbocycles. The van der Waals surface area contributed by atoms with Crippen LogP contribution in [0.3, 0.4) is 0 Å². The Morgan fingerprint density at radius 2 is 2.00 bits per heavy atom. The molecule has 0 atom stereocenters. The molecule has 3 aromatic rings. The second-order valence-corrected chi connectivity index (χ2v) is 5.52. The molecular formula is C19H20N4O2. The van der Waals surface area contributed by atoms with Crippen molar-refractivity contribution in [2.45, 2.75) is 13.5 Å². The third kappa shape index (κ3) is 3.85. The molecule has 0 saturated heterocycles. The number of imidazole rings is 1. The molecule has 2 aromatic heterocycles. The van der Waals surface area contributed by atoms with Crippen molar-refractivity contribution >= 4 is 17.6 Å². The third-order valence-electron chi connectivity index (χ3n) is 3.80. The summed E-state index contributed by atoms with van der Waals surface area (Å²) in [6, 6.07) is 11.9. The fourth-order valence-corrected chi connectivity index (χ4v) is 2.56. The van der Waals surface area contributed by atoms with Gasteiger partial charge in [0.05, 0.1) is 12.3 Å². The van der Waals surface area contributed by atoms with Crippen LogP contribution in [0.1, 0.15) is 24.0 Å². The number of nitrogens with zero attached hydrogens (tertiary/aromatic N) is 4. The Labute approximate surface area is 146 Å². The first-order valence-electron chi connectivity index (χ1n) is 8.11. The van der Waals surface area contributed by atoms with Gasteiger partial charge >= 0.3 is 5.97 Å². The van der Waals surface area contributed by atoms with E-state index in [4.69, 9.17) is 4.74 Å². The molecule has 3 rings (SSSR count). The number of carbonyl (C=O) groups is 1. The fraction of sp³-hybridized carbons (Fsp3) is 0.211. The van der Waals surface area contributed by atoms with E-state index in [1.54, 1.807) is 30.1 Å². The van der Waals surface area contributed by atoms with Gasteiger partial charge in [-0.1, -0.05) is 30.3 Å². The number of ether oxygens (including phenoxy) is 1. The second-order valence-electron chi connectivity index (χ2n) is 5.52. The predicted molar refractivity (Wildman–Crippen MR) is 95.5 cm³/mol. The lowest BCUT2D eigenvalue weighted by atomic mass is 10.2. The lowest BCUT2D eigenvalue weighted by Gasteiger charge is -2.11. The average molecular weight is 336 g/mol. The van der Waals surface area contributed by atoms with Crippen molar-refractivity contribution in [3.8, 4) is 0 Å². The van der Waals surface area contributed by atoms with E-state index in [-0.39, 0.29) is 0 Å². The van der Waals surface area contributed by atoms with Gasteiger partial charge in [0, 0.05) is 32.2 Å². The van der Waals surface area contributed by atoms with E-state index < -0.39 is 5.97 Å². The van der Waals surface area contributed by atoms with Crippen LogP contribution in [0.2, 0.25) is 0 Å². The Morgan fingerprint density at radius 3 is 2.68 bits per heavy atom. The minimum atomic E-state index is -0.399. The molecule has 25 heavy (non-hydrogen) atoms. The minimum absolute atomic E-state index is 0.307. The Bertz CT molecular complexity index is 878. The van der Waals surface area contributed by atoms with Crippen molar-refractivity contribution in [3.05, 3.63) is 72.1 Å². The van der Waals surface area contributed by atoms with Crippen molar-refractivity contribution in [2.75, 3.05) is 6.61 Å². The van der Waals surface area contributed by atoms with Crippen LogP contribution in [0.15, 0.2) is 55.0 Å². The zero-order valence-corrected chi connectivity index (χ0v) is 14.3. The van der Waals surface area contributed by atoms with Crippen molar-refractivity contribution in [3.63, 3.8) is 0 Å². The predicted octanol–water partition coefficient (Wildman–Crippen LogP) is 2.77. The van der Waals surface area contributed by atoms with Crippen LogP contribution >= 0.6 is 0 Å². The Hall–Kier alpha value is -3.15. The summed E-state index contributed by atoms with van der Waals surface area (Å²) < 4.78 is 8.87. The van der Waals surface area contributed by atoms with Crippen LogP contribution in [0.5, 0.6) is 0 Å². The molecule has 0 unspecified atom stereocenters. The summed E-state index contributed by atoms with van der Waals surface area (Å²) >= 11 is 0. The zero-order valence-electron chi connectivity index (χ0n) is 14.3. The van der Waals surface area contributed by atoms with Gasteiger partial charge in [-0.25, -0.2) is 9.78 Å². The summed E-state index contributed by atoms with van der Waals surface area (Å²) in [6.07, 6.45) is 6.99. The molecular weight excluding hydrogens is 316 g/mol. The molecule has 0 aliphatic rings. The number of esters is 1. The summed E-state index contributed by atoms with van der Waals surface area (Å²) in [5.41, 5.74) is 2.34. The topological polar surface area (TPSA) is 61.9 Å². The van der Waals surface area contributed by atoms with Gasteiger partial charge in [-0.3, -0.25) is 4.68 Å². The monoisotopic (exact) mass is 336 g/mol. The van der Waals surface area contributed by atoms with E-state index in [2.05, 4.69) is 10.1 Å². The first-order valence-corrected chi connectivity index (χ1v) is 8.11. The van der Waals surface area contributed by atoms with Gasteiger partial charge in [0.2, 0.25) is 0 Å². The molecule has 0 fully saturated rings. The smallest absolute Gasteiger partial charge is 0.341 e. The normalized spacial score (nSPS) is 11.5. The fourth-order valence-electron chi connectivity index (χ4n) is 2.56. The highest BCUT2D eigenvalue weighted by Gasteiger charge is 2.19. The van der Waals surface area contributed by atoms with Crippen LogP contribution in [-0.2, 0) is 23.1 Å². The molecule has 2 heterocycles. The SMILES string of the molecule is CCOC(=O)/C(=C\c1ccnn1C)c1nccn1Cc1ccccc1. The number of aromatic nitrogens is 4. The first-order chi connectivity index (χ1) is 12.2. The molecule has 1 aromatic carbocycles. The molecule has 0 radical (unpaired) electrons. The number of carbonyl (C=O) groups excluding carboxylic acids is 1. The van der Waals surface area contributed by atoms with Crippen LogP contribution < -0.4 is 0 Å². The van der Waals surface area contributed by atoms with Gasteiger partial charge in [0.1, 0.15) is 11.4 Å². The molecule has 128 valence electrons. The van der Waals surface area contributed by atoms with Crippen LogP contribution in [0, 0.1) is 0 Å². The number of aryl methyl sites for hydroxylation is 1. The maximum absolute atomic E-state index is 12.5. The quantitative estimate of drug-likeness (QED) is 0.513. The van der Waals surface area contributed by atoms with Crippen molar-refractivity contribution in [1.82, 2.24) is 19.3 Å². The summed E-state index contributed by atoms with van der Waals surface area (Å²) in [5, 5.41) is 4.14. The lowest BCUT2D eigenvalue weighted by molar-refractivity contribution is -0.136. The van der Waals surface area contributed by atoms with Crippen LogP contribution in [-0.4, -0.2) is 31.9 Å². The minimum Gasteiger partial charge on any atom is -0.462 e. The van der Waals surface area contributed by atoms with E-state index in [1.807, 2.05) is 54.2 Å². The Morgan fingerprint density at radius 1 is 1.20 bits per heavy atom.